The van der Waals surface area contributed by atoms with E-state index in [0.29, 0.717) is 16.7 Å². The zero-order valence-corrected chi connectivity index (χ0v) is 11.6. The lowest BCUT2D eigenvalue weighted by molar-refractivity contribution is 0.478. The van der Waals surface area contributed by atoms with Gasteiger partial charge in [0, 0.05) is 5.56 Å². The predicted molar refractivity (Wildman–Crippen MR) is 76.9 cm³/mol. The fraction of sp³-hybridized carbons (Fsp3) is 0.200. The van der Waals surface area contributed by atoms with E-state index < -0.39 is 0 Å². The first kappa shape index (κ1) is 13.3. The van der Waals surface area contributed by atoms with Crippen LogP contribution in [-0.2, 0) is 12.3 Å². The van der Waals surface area contributed by atoms with Crippen LogP contribution in [0.4, 0.5) is 0 Å². The molecular formula is C15H14Cl2O. The summed E-state index contributed by atoms with van der Waals surface area (Å²) in [5, 5.41) is 0.579. The first-order valence-corrected chi connectivity index (χ1v) is 6.76. The average molecular weight is 281 g/mol. The summed E-state index contributed by atoms with van der Waals surface area (Å²) in [6, 6.07) is 13.6. The molecule has 0 aromatic heterocycles. The Kier molecular flexibility index (Phi) is 4.51. The molecule has 1 nitrogen and oxygen atoms in total. The molecule has 0 radical (unpaired) electrons. The van der Waals surface area contributed by atoms with Crippen LogP contribution in [0.2, 0.25) is 5.02 Å². The van der Waals surface area contributed by atoms with Crippen LogP contribution in [0.15, 0.2) is 42.5 Å². The minimum atomic E-state index is 0.378. The Morgan fingerprint density at radius 1 is 1.11 bits per heavy atom. The molecule has 0 N–H and O–H groups in total. The molecule has 2 aromatic rings. The molecule has 18 heavy (non-hydrogen) atoms. The van der Waals surface area contributed by atoms with E-state index >= 15 is 0 Å². The van der Waals surface area contributed by atoms with Gasteiger partial charge in [-0.2, -0.15) is 0 Å². The number of benzene rings is 2. The summed E-state index contributed by atoms with van der Waals surface area (Å²) in [5.41, 5.74) is 2.12. The van der Waals surface area contributed by atoms with Crippen molar-refractivity contribution in [3.63, 3.8) is 0 Å². The van der Waals surface area contributed by atoms with Crippen molar-refractivity contribution in [3.8, 4) is 11.5 Å². The molecule has 0 amide bonds. The standard InChI is InChI=1S/C15H14Cl2O/c1-2-11-5-3-7-13(9-11)18-15-12(10-16)6-4-8-14(15)17/h3-9H,2,10H2,1H3. The van der Waals surface area contributed by atoms with Crippen molar-refractivity contribution in [2.45, 2.75) is 19.2 Å². The number of halogens is 2. The quantitative estimate of drug-likeness (QED) is 0.678. The lowest BCUT2D eigenvalue weighted by Crippen LogP contribution is -1.91. The van der Waals surface area contributed by atoms with Crippen molar-refractivity contribution >= 4 is 23.2 Å². The smallest absolute Gasteiger partial charge is 0.150 e. The van der Waals surface area contributed by atoms with Gasteiger partial charge in [-0.25, -0.2) is 0 Å². The molecule has 0 aliphatic rings. The summed E-state index contributed by atoms with van der Waals surface area (Å²) in [7, 11) is 0. The van der Waals surface area contributed by atoms with Crippen LogP contribution in [0, 0.1) is 0 Å². The minimum absolute atomic E-state index is 0.378. The van der Waals surface area contributed by atoms with Gasteiger partial charge >= 0.3 is 0 Å². The van der Waals surface area contributed by atoms with Crippen LogP contribution >= 0.6 is 23.2 Å². The summed E-state index contributed by atoms with van der Waals surface area (Å²) in [5.74, 6) is 1.81. The second-order valence-corrected chi connectivity index (χ2v) is 4.64. The maximum Gasteiger partial charge on any atom is 0.150 e. The number of para-hydroxylation sites is 1. The molecule has 0 bridgehead atoms. The van der Waals surface area contributed by atoms with Crippen molar-refractivity contribution < 1.29 is 4.74 Å². The first-order chi connectivity index (χ1) is 8.74. The van der Waals surface area contributed by atoms with Gasteiger partial charge in [-0.05, 0) is 30.2 Å². The Hall–Kier alpha value is -1.18. The van der Waals surface area contributed by atoms with E-state index in [1.165, 1.54) is 5.56 Å². The van der Waals surface area contributed by atoms with Gasteiger partial charge in [0.15, 0.2) is 0 Å². The molecule has 94 valence electrons. The number of ether oxygens (including phenoxy) is 1. The third-order valence-electron chi connectivity index (χ3n) is 2.72. The molecule has 0 unspecified atom stereocenters. The zero-order valence-electron chi connectivity index (χ0n) is 10.1. The highest BCUT2D eigenvalue weighted by molar-refractivity contribution is 6.32. The molecule has 2 rings (SSSR count). The third-order valence-corrected chi connectivity index (χ3v) is 3.30. The molecular weight excluding hydrogens is 267 g/mol. The number of rotatable bonds is 4. The van der Waals surface area contributed by atoms with Gasteiger partial charge in [-0.1, -0.05) is 42.8 Å². The summed E-state index contributed by atoms with van der Waals surface area (Å²) < 4.78 is 5.86. The molecule has 0 aliphatic carbocycles. The molecule has 0 spiro atoms. The Morgan fingerprint density at radius 2 is 1.89 bits per heavy atom. The maximum atomic E-state index is 6.15. The van der Waals surface area contributed by atoms with Crippen LogP contribution < -0.4 is 4.74 Å². The summed E-state index contributed by atoms with van der Waals surface area (Å²) >= 11 is 12.0. The van der Waals surface area contributed by atoms with Crippen molar-refractivity contribution in [2.24, 2.45) is 0 Å². The van der Waals surface area contributed by atoms with Crippen LogP contribution in [0.5, 0.6) is 11.5 Å². The van der Waals surface area contributed by atoms with E-state index in [1.54, 1.807) is 6.07 Å². The highest BCUT2D eigenvalue weighted by Gasteiger charge is 2.09. The van der Waals surface area contributed by atoms with Gasteiger partial charge in [0.25, 0.3) is 0 Å². The highest BCUT2D eigenvalue weighted by atomic mass is 35.5. The minimum Gasteiger partial charge on any atom is -0.455 e. The first-order valence-electron chi connectivity index (χ1n) is 5.84. The van der Waals surface area contributed by atoms with E-state index in [9.17, 15) is 0 Å². The molecule has 0 heterocycles. The van der Waals surface area contributed by atoms with Crippen molar-refractivity contribution in [2.75, 3.05) is 0 Å². The lowest BCUT2D eigenvalue weighted by atomic mass is 10.1. The summed E-state index contributed by atoms with van der Waals surface area (Å²) in [6.07, 6.45) is 0.974. The van der Waals surface area contributed by atoms with Crippen LogP contribution in [-0.4, -0.2) is 0 Å². The molecule has 0 saturated carbocycles. The molecule has 2 aromatic carbocycles. The van der Waals surface area contributed by atoms with E-state index in [-0.39, 0.29) is 0 Å². The van der Waals surface area contributed by atoms with Crippen molar-refractivity contribution in [1.29, 1.82) is 0 Å². The third kappa shape index (κ3) is 2.98. The van der Waals surface area contributed by atoms with E-state index in [0.717, 1.165) is 17.7 Å². The lowest BCUT2D eigenvalue weighted by Gasteiger charge is -2.12. The molecule has 0 atom stereocenters. The second-order valence-electron chi connectivity index (χ2n) is 3.96. The summed E-state index contributed by atoms with van der Waals surface area (Å²) in [4.78, 5) is 0. The maximum absolute atomic E-state index is 6.15. The van der Waals surface area contributed by atoms with Crippen molar-refractivity contribution in [1.82, 2.24) is 0 Å². The van der Waals surface area contributed by atoms with E-state index in [4.69, 9.17) is 27.9 Å². The van der Waals surface area contributed by atoms with Gasteiger partial charge in [0.2, 0.25) is 0 Å². The number of alkyl halides is 1. The Bertz CT molecular complexity index is 538. The second kappa shape index (κ2) is 6.12. The molecule has 3 heteroatoms. The van der Waals surface area contributed by atoms with E-state index in [1.807, 2.05) is 30.3 Å². The van der Waals surface area contributed by atoms with Crippen LogP contribution in [0.1, 0.15) is 18.1 Å². The average Bonchev–Trinajstić information content (AvgIpc) is 2.41. The number of hydrogen-bond donors (Lipinski definition) is 0. The Labute approximate surface area is 117 Å². The molecule has 0 saturated heterocycles. The number of hydrogen-bond acceptors (Lipinski definition) is 1. The highest BCUT2D eigenvalue weighted by Crippen LogP contribution is 2.34. The SMILES string of the molecule is CCc1cccc(Oc2c(Cl)cccc2CCl)c1. The Balaban J connectivity index is 2.33. The van der Waals surface area contributed by atoms with Crippen LogP contribution in [0.25, 0.3) is 0 Å². The van der Waals surface area contributed by atoms with Gasteiger partial charge < -0.3 is 4.74 Å². The summed E-state index contributed by atoms with van der Waals surface area (Å²) in [6.45, 7) is 2.11. The van der Waals surface area contributed by atoms with Crippen LogP contribution in [0.3, 0.4) is 0 Å². The topological polar surface area (TPSA) is 9.23 Å². The predicted octanol–water partition coefficient (Wildman–Crippen LogP) is 5.43. The van der Waals surface area contributed by atoms with Gasteiger partial charge in [-0.3, -0.25) is 0 Å². The zero-order chi connectivity index (χ0) is 13.0. The number of aryl methyl sites for hydroxylation is 1. The molecule has 0 fully saturated rings. The van der Waals surface area contributed by atoms with Crippen molar-refractivity contribution in [3.05, 3.63) is 58.6 Å². The largest absolute Gasteiger partial charge is 0.455 e. The Morgan fingerprint density at radius 3 is 2.61 bits per heavy atom. The van der Waals surface area contributed by atoms with Gasteiger partial charge in [0.05, 0.1) is 10.9 Å². The fourth-order valence-electron chi connectivity index (χ4n) is 1.72. The normalized spacial score (nSPS) is 10.4. The monoisotopic (exact) mass is 280 g/mol. The van der Waals surface area contributed by atoms with Gasteiger partial charge in [0.1, 0.15) is 11.5 Å². The van der Waals surface area contributed by atoms with Gasteiger partial charge in [-0.15, -0.1) is 11.6 Å². The molecule has 0 aliphatic heterocycles. The van der Waals surface area contributed by atoms with E-state index in [2.05, 4.69) is 13.0 Å². The fourth-order valence-corrected chi connectivity index (χ4v) is 2.16.